The topological polar surface area (TPSA) is 59.2 Å². The average Bonchev–Trinajstić information content (AvgIpc) is 2.29. The summed E-state index contributed by atoms with van der Waals surface area (Å²) in [6.45, 7) is 1.58. The molecule has 1 fully saturated rings. The monoisotopic (exact) mass is 317 g/mol. The minimum absolute atomic E-state index is 0.00867. The second-order valence-corrected chi connectivity index (χ2v) is 5.38. The molecule has 1 amide bonds. The summed E-state index contributed by atoms with van der Waals surface area (Å²) in [6.07, 6.45) is 4.91. The molecule has 17 heavy (non-hydrogen) atoms. The van der Waals surface area contributed by atoms with Crippen molar-refractivity contribution in [3.05, 3.63) is 21.9 Å². The number of aromatic nitrogens is 1. The van der Waals surface area contributed by atoms with Crippen LogP contribution in [-0.4, -0.2) is 24.0 Å². The van der Waals surface area contributed by atoms with Crippen molar-refractivity contribution in [1.82, 2.24) is 4.98 Å². The highest BCUT2D eigenvalue weighted by molar-refractivity contribution is 9.10. The first kappa shape index (κ1) is 12.6. The van der Waals surface area contributed by atoms with Gasteiger partial charge in [0, 0.05) is 31.4 Å². The van der Waals surface area contributed by atoms with Gasteiger partial charge in [0.15, 0.2) is 0 Å². The van der Waals surface area contributed by atoms with Crippen molar-refractivity contribution in [3.8, 4) is 0 Å². The summed E-state index contributed by atoms with van der Waals surface area (Å²) >= 11 is 9.58. The molecule has 0 aromatic carbocycles. The molecule has 2 heterocycles. The van der Waals surface area contributed by atoms with Crippen LogP contribution in [0.1, 0.15) is 12.8 Å². The Morgan fingerprint density at radius 2 is 2.12 bits per heavy atom. The minimum Gasteiger partial charge on any atom is -0.369 e. The quantitative estimate of drug-likeness (QED) is 0.909. The maximum absolute atomic E-state index is 11.1. The van der Waals surface area contributed by atoms with Crippen molar-refractivity contribution in [1.29, 1.82) is 0 Å². The number of halogens is 2. The zero-order valence-corrected chi connectivity index (χ0v) is 11.5. The van der Waals surface area contributed by atoms with Gasteiger partial charge >= 0.3 is 0 Å². The molecule has 92 valence electrons. The minimum atomic E-state index is -0.204. The van der Waals surface area contributed by atoms with E-state index < -0.39 is 0 Å². The summed E-state index contributed by atoms with van der Waals surface area (Å²) in [7, 11) is 0. The van der Waals surface area contributed by atoms with Crippen LogP contribution in [0.2, 0.25) is 5.02 Å². The number of anilines is 1. The third-order valence-corrected chi connectivity index (χ3v) is 3.90. The van der Waals surface area contributed by atoms with E-state index >= 15 is 0 Å². The highest BCUT2D eigenvalue weighted by Gasteiger charge is 2.25. The number of amides is 1. The first-order chi connectivity index (χ1) is 8.09. The molecule has 1 aliphatic heterocycles. The number of nitrogens with two attached hydrogens (primary N) is 1. The fourth-order valence-electron chi connectivity index (χ4n) is 2.09. The third-order valence-electron chi connectivity index (χ3n) is 3.04. The van der Waals surface area contributed by atoms with Crippen LogP contribution in [0, 0.1) is 5.92 Å². The molecule has 1 aliphatic rings. The molecule has 1 aromatic heterocycles. The molecule has 0 unspecified atom stereocenters. The molecular formula is C11H13BrClN3O. The van der Waals surface area contributed by atoms with Crippen LogP contribution in [0.4, 0.5) is 5.69 Å². The molecule has 0 atom stereocenters. The molecule has 4 nitrogen and oxygen atoms in total. The van der Waals surface area contributed by atoms with Gasteiger partial charge in [-0.15, -0.1) is 0 Å². The summed E-state index contributed by atoms with van der Waals surface area (Å²) in [6, 6.07) is 0. The summed E-state index contributed by atoms with van der Waals surface area (Å²) in [5, 5.41) is 0.622. The van der Waals surface area contributed by atoms with Gasteiger partial charge < -0.3 is 10.6 Å². The standard InChI is InChI=1S/C11H13BrClN3O/c12-8-5-15-6-9(13)10(8)16-3-1-7(2-4-16)11(14)17/h5-7H,1-4H2,(H2,14,17). The number of hydrogen-bond acceptors (Lipinski definition) is 3. The van der Waals surface area contributed by atoms with E-state index in [4.69, 9.17) is 17.3 Å². The normalized spacial score (nSPS) is 17.2. The van der Waals surface area contributed by atoms with Gasteiger partial charge in [0.2, 0.25) is 5.91 Å². The molecule has 1 saturated heterocycles. The zero-order valence-electron chi connectivity index (χ0n) is 9.20. The van der Waals surface area contributed by atoms with Gasteiger partial charge in [-0.2, -0.15) is 0 Å². The van der Waals surface area contributed by atoms with Crippen molar-refractivity contribution >= 4 is 39.1 Å². The van der Waals surface area contributed by atoms with E-state index in [1.807, 2.05) is 0 Å². The molecule has 6 heteroatoms. The Morgan fingerprint density at radius 3 is 2.65 bits per heavy atom. The molecule has 0 saturated carbocycles. The highest BCUT2D eigenvalue weighted by Crippen LogP contribution is 2.35. The lowest BCUT2D eigenvalue weighted by molar-refractivity contribution is -0.122. The van der Waals surface area contributed by atoms with Crippen LogP contribution < -0.4 is 10.6 Å². The van der Waals surface area contributed by atoms with Crippen LogP contribution in [0.25, 0.3) is 0 Å². The predicted octanol–water partition coefficient (Wildman–Crippen LogP) is 2.20. The summed E-state index contributed by atoms with van der Waals surface area (Å²) < 4.78 is 0.877. The Bertz CT molecular complexity index is 412. The maximum atomic E-state index is 11.1. The van der Waals surface area contributed by atoms with Gasteiger partial charge in [0.25, 0.3) is 0 Å². The molecular weight excluding hydrogens is 305 g/mol. The predicted molar refractivity (Wildman–Crippen MR) is 71.1 cm³/mol. The van der Waals surface area contributed by atoms with E-state index in [1.165, 1.54) is 0 Å². The number of carbonyl (C=O) groups excluding carboxylic acids is 1. The fraction of sp³-hybridized carbons (Fsp3) is 0.455. The Kier molecular flexibility index (Phi) is 3.89. The van der Waals surface area contributed by atoms with E-state index in [9.17, 15) is 4.79 Å². The Hall–Kier alpha value is -0.810. The molecule has 0 radical (unpaired) electrons. The van der Waals surface area contributed by atoms with Gasteiger partial charge in [-0.25, -0.2) is 0 Å². The zero-order chi connectivity index (χ0) is 12.4. The molecule has 0 bridgehead atoms. The summed E-state index contributed by atoms with van der Waals surface area (Å²) in [5.74, 6) is -0.213. The molecule has 2 rings (SSSR count). The Morgan fingerprint density at radius 1 is 1.47 bits per heavy atom. The van der Waals surface area contributed by atoms with Gasteiger partial charge in [-0.3, -0.25) is 9.78 Å². The smallest absolute Gasteiger partial charge is 0.220 e. The Balaban J connectivity index is 2.13. The fourth-order valence-corrected chi connectivity index (χ4v) is 3.07. The lowest BCUT2D eigenvalue weighted by Gasteiger charge is -2.33. The van der Waals surface area contributed by atoms with E-state index in [1.54, 1.807) is 12.4 Å². The summed E-state index contributed by atoms with van der Waals surface area (Å²) in [5.41, 5.74) is 6.26. The van der Waals surface area contributed by atoms with E-state index in [0.717, 1.165) is 36.1 Å². The van der Waals surface area contributed by atoms with Crippen LogP contribution in [-0.2, 0) is 4.79 Å². The largest absolute Gasteiger partial charge is 0.369 e. The first-order valence-electron chi connectivity index (χ1n) is 5.43. The van der Waals surface area contributed by atoms with E-state index in [2.05, 4.69) is 25.8 Å². The second-order valence-electron chi connectivity index (χ2n) is 4.12. The lowest BCUT2D eigenvalue weighted by Crippen LogP contribution is -2.38. The second kappa shape index (κ2) is 5.23. The Labute approximate surface area is 113 Å². The van der Waals surface area contributed by atoms with Gasteiger partial charge in [-0.05, 0) is 28.8 Å². The number of rotatable bonds is 2. The van der Waals surface area contributed by atoms with Crippen molar-refractivity contribution in [2.75, 3.05) is 18.0 Å². The SMILES string of the molecule is NC(=O)C1CCN(c2c(Cl)cncc2Br)CC1. The van der Waals surface area contributed by atoms with Gasteiger partial charge in [0.1, 0.15) is 0 Å². The number of nitrogens with zero attached hydrogens (tertiary/aromatic N) is 2. The number of primary amides is 1. The maximum Gasteiger partial charge on any atom is 0.220 e. The van der Waals surface area contributed by atoms with E-state index in [0.29, 0.717) is 5.02 Å². The number of carbonyl (C=O) groups is 1. The lowest BCUT2D eigenvalue weighted by atomic mass is 9.96. The van der Waals surface area contributed by atoms with Crippen molar-refractivity contribution in [2.45, 2.75) is 12.8 Å². The molecule has 0 spiro atoms. The van der Waals surface area contributed by atoms with Crippen LogP contribution >= 0.6 is 27.5 Å². The average molecular weight is 319 g/mol. The number of piperidine rings is 1. The van der Waals surface area contributed by atoms with Gasteiger partial charge in [0.05, 0.1) is 15.2 Å². The number of hydrogen-bond donors (Lipinski definition) is 1. The van der Waals surface area contributed by atoms with Crippen LogP contribution in [0.3, 0.4) is 0 Å². The first-order valence-corrected chi connectivity index (χ1v) is 6.60. The van der Waals surface area contributed by atoms with Crippen LogP contribution in [0.5, 0.6) is 0 Å². The highest BCUT2D eigenvalue weighted by atomic mass is 79.9. The van der Waals surface area contributed by atoms with Crippen molar-refractivity contribution in [3.63, 3.8) is 0 Å². The van der Waals surface area contributed by atoms with Crippen molar-refractivity contribution < 1.29 is 4.79 Å². The van der Waals surface area contributed by atoms with Crippen molar-refractivity contribution in [2.24, 2.45) is 11.7 Å². The van der Waals surface area contributed by atoms with Gasteiger partial charge in [-0.1, -0.05) is 11.6 Å². The molecule has 0 aliphatic carbocycles. The molecule has 1 aromatic rings. The third kappa shape index (κ3) is 2.72. The summed E-state index contributed by atoms with van der Waals surface area (Å²) in [4.78, 5) is 17.3. The number of pyridine rings is 1. The van der Waals surface area contributed by atoms with E-state index in [-0.39, 0.29) is 11.8 Å². The molecule has 2 N–H and O–H groups in total. The van der Waals surface area contributed by atoms with Crippen LogP contribution in [0.15, 0.2) is 16.9 Å².